The van der Waals surface area contributed by atoms with Crippen LogP contribution in [0.25, 0.3) is 11.1 Å². The van der Waals surface area contributed by atoms with Crippen molar-refractivity contribution in [2.75, 3.05) is 14.2 Å². The van der Waals surface area contributed by atoms with Gasteiger partial charge in [-0.2, -0.15) is 0 Å². The Balaban J connectivity index is 2.34. The maximum atomic E-state index is 12.9. The SMILES string of the molecule is COP(=O)(OC)C(=O)CC[C@](C)(NS(=O)C(C)(C)C)c1ccc(-c2ccccc2)cc1. The van der Waals surface area contributed by atoms with E-state index >= 15 is 0 Å². The first-order chi connectivity index (χ1) is 14.4. The number of hydrogen-bond donors (Lipinski definition) is 1. The fourth-order valence-corrected chi connectivity index (χ4v) is 4.92. The average Bonchev–Trinajstić information content (AvgIpc) is 2.77. The van der Waals surface area contributed by atoms with E-state index < -0.39 is 34.4 Å². The van der Waals surface area contributed by atoms with Gasteiger partial charge in [-0.25, -0.2) is 8.93 Å². The molecule has 0 saturated carbocycles. The summed E-state index contributed by atoms with van der Waals surface area (Å²) in [6.07, 6.45) is 0.222. The van der Waals surface area contributed by atoms with Crippen molar-refractivity contribution in [2.45, 2.75) is 50.8 Å². The first kappa shape index (κ1) is 25.6. The summed E-state index contributed by atoms with van der Waals surface area (Å²) in [7, 11) is -2.81. The average molecular weight is 466 g/mol. The molecule has 0 aliphatic rings. The van der Waals surface area contributed by atoms with Crippen molar-refractivity contribution >= 4 is 24.1 Å². The quantitative estimate of drug-likeness (QED) is 0.474. The van der Waals surface area contributed by atoms with Gasteiger partial charge in [-0.15, -0.1) is 0 Å². The standard InChI is InChI=1S/C23H32NO5PS/c1-22(2,3)31(27)24-23(4,17-16-21(25)30(26,28-5)29-6)20-14-12-19(13-15-20)18-10-8-7-9-11-18/h7-15,24H,16-17H2,1-6H3/t23-,31?/m0/s1. The molecule has 0 aliphatic heterocycles. The summed E-state index contributed by atoms with van der Waals surface area (Å²) in [6, 6.07) is 17.9. The molecule has 1 N–H and O–H groups in total. The van der Waals surface area contributed by atoms with Crippen LogP contribution in [-0.2, 0) is 34.9 Å². The molecule has 0 aliphatic carbocycles. The second kappa shape index (κ2) is 10.3. The summed E-state index contributed by atoms with van der Waals surface area (Å²) in [4.78, 5) is 12.5. The molecule has 0 spiro atoms. The van der Waals surface area contributed by atoms with E-state index in [0.717, 1.165) is 16.7 Å². The molecule has 1 unspecified atom stereocenters. The van der Waals surface area contributed by atoms with Crippen LogP contribution in [0.2, 0.25) is 0 Å². The predicted molar refractivity (Wildman–Crippen MR) is 126 cm³/mol. The molecule has 2 aromatic carbocycles. The maximum Gasteiger partial charge on any atom is 0.396 e. The second-order valence-corrected chi connectivity index (χ2v) is 12.7. The molecule has 2 rings (SSSR count). The molecule has 2 aromatic rings. The van der Waals surface area contributed by atoms with E-state index in [1.165, 1.54) is 14.2 Å². The molecule has 0 saturated heterocycles. The van der Waals surface area contributed by atoms with Gasteiger partial charge in [0.25, 0.3) is 0 Å². The van der Waals surface area contributed by atoms with Gasteiger partial charge in [0, 0.05) is 20.6 Å². The van der Waals surface area contributed by atoms with E-state index in [4.69, 9.17) is 9.05 Å². The first-order valence-electron chi connectivity index (χ1n) is 10.1. The summed E-state index contributed by atoms with van der Waals surface area (Å²) in [5, 5.41) is 0. The smallest absolute Gasteiger partial charge is 0.307 e. The van der Waals surface area contributed by atoms with Crippen LogP contribution in [0.5, 0.6) is 0 Å². The molecule has 2 atom stereocenters. The maximum absolute atomic E-state index is 12.9. The Labute approximate surface area is 187 Å². The highest BCUT2D eigenvalue weighted by Crippen LogP contribution is 2.49. The molecule has 0 amide bonds. The topological polar surface area (TPSA) is 81.7 Å². The van der Waals surface area contributed by atoms with E-state index in [9.17, 15) is 13.6 Å². The fourth-order valence-electron chi connectivity index (χ4n) is 3.05. The van der Waals surface area contributed by atoms with Crippen LogP contribution >= 0.6 is 7.60 Å². The van der Waals surface area contributed by atoms with Crippen LogP contribution in [0.3, 0.4) is 0 Å². The van der Waals surface area contributed by atoms with Crippen molar-refractivity contribution in [2.24, 2.45) is 0 Å². The lowest BCUT2D eigenvalue weighted by atomic mass is 9.87. The number of hydrogen-bond acceptors (Lipinski definition) is 5. The van der Waals surface area contributed by atoms with E-state index in [1.54, 1.807) is 0 Å². The number of nitrogens with one attached hydrogen (secondary N) is 1. The van der Waals surface area contributed by atoms with Gasteiger partial charge in [0.1, 0.15) is 0 Å². The van der Waals surface area contributed by atoms with Gasteiger partial charge in [0.2, 0.25) is 5.52 Å². The molecule has 6 nitrogen and oxygen atoms in total. The van der Waals surface area contributed by atoms with Crippen LogP contribution in [-0.4, -0.2) is 28.7 Å². The largest absolute Gasteiger partial charge is 0.396 e. The molecule has 31 heavy (non-hydrogen) atoms. The third-order valence-corrected chi connectivity index (χ3v) is 8.67. The van der Waals surface area contributed by atoms with Crippen LogP contribution < -0.4 is 4.72 Å². The Hall–Kier alpha value is -1.63. The Morgan fingerprint density at radius 1 is 0.935 bits per heavy atom. The molecule has 0 radical (unpaired) electrons. The third kappa shape index (κ3) is 6.43. The number of carbonyl (C=O) groups is 1. The van der Waals surface area contributed by atoms with Gasteiger partial charge in [-0.1, -0.05) is 54.6 Å². The van der Waals surface area contributed by atoms with Crippen molar-refractivity contribution in [1.29, 1.82) is 0 Å². The molecule has 170 valence electrons. The summed E-state index contributed by atoms with van der Waals surface area (Å²) in [5.41, 5.74) is 1.63. The molecule has 0 aromatic heterocycles. The van der Waals surface area contributed by atoms with Gasteiger partial charge in [0.05, 0.1) is 21.3 Å². The Morgan fingerprint density at radius 3 is 1.94 bits per heavy atom. The second-order valence-electron chi connectivity index (χ2n) is 8.52. The lowest BCUT2D eigenvalue weighted by Crippen LogP contribution is -2.46. The lowest BCUT2D eigenvalue weighted by Gasteiger charge is -2.34. The van der Waals surface area contributed by atoms with Gasteiger partial charge >= 0.3 is 7.60 Å². The Kier molecular flexibility index (Phi) is 8.54. The van der Waals surface area contributed by atoms with Crippen molar-refractivity contribution < 1.29 is 22.6 Å². The van der Waals surface area contributed by atoms with Crippen molar-refractivity contribution in [3.8, 4) is 11.1 Å². The number of benzene rings is 2. The summed E-state index contributed by atoms with van der Waals surface area (Å²) >= 11 is 0. The van der Waals surface area contributed by atoms with Crippen molar-refractivity contribution in [3.05, 3.63) is 60.2 Å². The highest BCUT2D eigenvalue weighted by molar-refractivity contribution is 7.84. The van der Waals surface area contributed by atoms with E-state index in [1.807, 2.05) is 82.3 Å². The Bertz CT molecular complexity index is 948. The summed E-state index contributed by atoms with van der Waals surface area (Å²) in [6.45, 7) is 7.53. The highest BCUT2D eigenvalue weighted by Gasteiger charge is 2.37. The normalized spacial score (nSPS) is 15.3. The number of carbonyl (C=O) groups excluding carboxylic acids is 1. The van der Waals surface area contributed by atoms with Crippen LogP contribution in [0, 0.1) is 0 Å². The Morgan fingerprint density at radius 2 is 1.45 bits per heavy atom. The summed E-state index contributed by atoms with van der Waals surface area (Å²) < 4.78 is 37.7. The zero-order valence-electron chi connectivity index (χ0n) is 19.0. The van der Waals surface area contributed by atoms with Gasteiger partial charge in [-0.3, -0.25) is 9.36 Å². The van der Waals surface area contributed by atoms with Crippen LogP contribution in [0.15, 0.2) is 54.6 Å². The zero-order chi connectivity index (χ0) is 23.3. The highest BCUT2D eigenvalue weighted by atomic mass is 32.2. The van der Waals surface area contributed by atoms with Crippen LogP contribution in [0.1, 0.15) is 46.1 Å². The van der Waals surface area contributed by atoms with E-state index in [-0.39, 0.29) is 12.8 Å². The van der Waals surface area contributed by atoms with E-state index in [2.05, 4.69) is 4.72 Å². The molecule has 0 fully saturated rings. The van der Waals surface area contributed by atoms with E-state index in [0.29, 0.717) is 0 Å². The van der Waals surface area contributed by atoms with Crippen molar-refractivity contribution in [1.82, 2.24) is 4.72 Å². The van der Waals surface area contributed by atoms with Gasteiger partial charge in [0.15, 0.2) is 0 Å². The van der Waals surface area contributed by atoms with Crippen molar-refractivity contribution in [3.63, 3.8) is 0 Å². The monoisotopic (exact) mass is 465 g/mol. The minimum atomic E-state index is -3.81. The molecule has 8 heteroatoms. The minimum Gasteiger partial charge on any atom is -0.307 e. The number of rotatable bonds is 10. The molecule has 0 heterocycles. The zero-order valence-corrected chi connectivity index (χ0v) is 20.7. The van der Waals surface area contributed by atoms with Crippen LogP contribution in [0.4, 0.5) is 0 Å². The molecular weight excluding hydrogens is 433 g/mol. The molecular formula is C23H32NO5PS. The summed E-state index contributed by atoms with van der Waals surface area (Å²) in [5.74, 6) is 0. The minimum absolute atomic E-state index is 0.0514. The third-order valence-electron chi connectivity index (χ3n) is 5.13. The van der Waals surface area contributed by atoms with Gasteiger partial charge in [-0.05, 0) is 50.8 Å². The predicted octanol–water partition coefficient (Wildman–Crippen LogP) is 5.41. The van der Waals surface area contributed by atoms with Gasteiger partial charge < -0.3 is 9.05 Å². The first-order valence-corrected chi connectivity index (χ1v) is 12.7. The fraction of sp³-hybridized carbons (Fsp3) is 0.435. The lowest BCUT2D eigenvalue weighted by molar-refractivity contribution is -0.114. The molecule has 0 bridgehead atoms.